The van der Waals surface area contributed by atoms with E-state index in [2.05, 4.69) is 10.1 Å². The van der Waals surface area contributed by atoms with Gasteiger partial charge in [0, 0.05) is 16.8 Å². The van der Waals surface area contributed by atoms with E-state index in [9.17, 15) is 18.0 Å². The first kappa shape index (κ1) is 17.2. The van der Waals surface area contributed by atoms with Gasteiger partial charge < -0.3 is 5.11 Å². The van der Waals surface area contributed by atoms with Crippen LogP contribution in [0.5, 0.6) is 0 Å². The number of hydrogen-bond donors (Lipinski definition) is 1. The number of nitrogens with zero attached hydrogens (tertiary/aromatic N) is 3. The molecule has 0 amide bonds. The monoisotopic (exact) mass is 369 g/mol. The van der Waals surface area contributed by atoms with Crippen molar-refractivity contribution < 1.29 is 23.1 Å². The molecule has 2 heterocycles. The summed E-state index contributed by atoms with van der Waals surface area (Å²) < 4.78 is 42.7. The summed E-state index contributed by atoms with van der Waals surface area (Å²) in [5.41, 5.74) is 0.276. The molecule has 2 aromatic heterocycles. The lowest BCUT2D eigenvalue weighted by atomic mass is 10.1. The molecule has 5 nitrogen and oxygen atoms in total. The summed E-state index contributed by atoms with van der Waals surface area (Å²) in [6, 6.07) is 5.16. The topological polar surface area (TPSA) is 68.0 Å². The molecule has 0 radical (unpaired) electrons. The summed E-state index contributed by atoms with van der Waals surface area (Å²) in [5.74, 6) is -6.94. The van der Waals surface area contributed by atoms with Crippen molar-refractivity contribution in [2.24, 2.45) is 0 Å². The third-order valence-corrected chi connectivity index (χ3v) is 4.11. The van der Waals surface area contributed by atoms with Gasteiger partial charge in [0.15, 0.2) is 0 Å². The largest absolute Gasteiger partial charge is 0.477 e. The highest BCUT2D eigenvalue weighted by atomic mass is 35.5. The average molecular weight is 370 g/mol. The second-order valence-corrected chi connectivity index (χ2v) is 5.82. The van der Waals surface area contributed by atoms with Gasteiger partial charge in [-0.1, -0.05) is 17.7 Å². The first-order valence-electron chi connectivity index (χ1n) is 7.09. The number of pyridine rings is 1. The SMILES string of the molecule is Cc1nn(Cc2c(F)cccc2Cl)c2cc(C(F)(F)C(=O)O)cnc12. The number of fused-ring (bicyclic) bond motifs is 1. The van der Waals surface area contributed by atoms with Crippen LogP contribution < -0.4 is 0 Å². The molecule has 0 saturated heterocycles. The zero-order valence-electron chi connectivity index (χ0n) is 12.8. The molecule has 0 fully saturated rings. The second-order valence-electron chi connectivity index (χ2n) is 5.41. The molecule has 3 aromatic rings. The smallest absolute Gasteiger partial charge is 0.379 e. The molecule has 3 rings (SSSR count). The molecule has 0 aliphatic heterocycles. The number of aliphatic carboxylic acids is 1. The molecule has 0 atom stereocenters. The van der Waals surface area contributed by atoms with E-state index in [1.54, 1.807) is 6.92 Å². The molecule has 0 spiro atoms. The molecule has 0 bridgehead atoms. The Bertz CT molecular complexity index is 968. The van der Waals surface area contributed by atoms with Gasteiger partial charge in [0.05, 0.1) is 23.3 Å². The maximum Gasteiger partial charge on any atom is 0.379 e. The average Bonchev–Trinajstić information content (AvgIpc) is 2.86. The second kappa shape index (κ2) is 6.03. The molecule has 1 aromatic carbocycles. The fourth-order valence-corrected chi connectivity index (χ4v) is 2.68. The van der Waals surface area contributed by atoms with Crippen LogP contribution in [0.4, 0.5) is 13.2 Å². The van der Waals surface area contributed by atoms with E-state index in [0.29, 0.717) is 11.2 Å². The summed E-state index contributed by atoms with van der Waals surface area (Å²) in [4.78, 5) is 14.6. The van der Waals surface area contributed by atoms with Crippen LogP contribution in [-0.4, -0.2) is 25.8 Å². The normalized spacial score (nSPS) is 11.9. The predicted octanol–water partition coefficient (Wildman–Crippen LogP) is 3.76. The van der Waals surface area contributed by atoms with Crippen LogP contribution in [0.1, 0.15) is 16.8 Å². The van der Waals surface area contributed by atoms with Gasteiger partial charge in [-0.15, -0.1) is 0 Å². The molecule has 25 heavy (non-hydrogen) atoms. The molecular weight excluding hydrogens is 359 g/mol. The van der Waals surface area contributed by atoms with E-state index in [4.69, 9.17) is 16.7 Å². The number of carboxylic acid groups (broad SMARTS) is 1. The molecule has 0 aliphatic rings. The minimum Gasteiger partial charge on any atom is -0.477 e. The summed E-state index contributed by atoms with van der Waals surface area (Å²) in [6.45, 7) is 1.50. The quantitative estimate of drug-likeness (QED) is 0.760. The fraction of sp³-hybridized carbons (Fsp3) is 0.188. The van der Waals surface area contributed by atoms with E-state index >= 15 is 0 Å². The Labute approximate surface area is 144 Å². The first-order chi connectivity index (χ1) is 11.7. The van der Waals surface area contributed by atoms with Crippen molar-refractivity contribution in [1.82, 2.24) is 14.8 Å². The number of aromatic nitrogens is 3. The van der Waals surface area contributed by atoms with E-state index < -0.39 is 23.3 Å². The number of alkyl halides is 2. The van der Waals surface area contributed by atoms with Crippen molar-refractivity contribution in [2.45, 2.75) is 19.4 Å². The highest BCUT2D eigenvalue weighted by Crippen LogP contribution is 2.31. The van der Waals surface area contributed by atoms with Crippen molar-refractivity contribution >= 4 is 28.6 Å². The number of carbonyl (C=O) groups is 1. The van der Waals surface area contributed by atoms with Gasteiger partial charge in [-0.2, -0.15) is 13.9 Å². The molecule has 0 aliphatic carbocycles. The zero-order chi connectivity index (χ0) is 18.4. The van der Waals surface area contributed by atoms with Crippen LogP contribution >= 0.6 is 11.6 Å². The van der Waals surface area contributed by atoms with Crippen molar-refractivity contribution in [3.8, 4) is 0 Å². The highest BCUT2D eigenvalue weighted by molar-refractivity contribution is 6.31. The number of rotatable bonds is 4. The number of aryl methyl sites for hydroxylation is 1. The van der Waals surface area contributed by atoms with Crippen LogP contribution in [0.15, 0.2) is 30.5 Å². The Morgan fingerprint density at radius 2 is 2.12 bits per heavy atom. The van der Waals surface area contributed by atoms with Crippen molar-refractivity contribution in [2.75, 3.05) is 0 Å². The fourth-order valence-electron chi connectivity index (χ4n) is 2.46. The standard InChI is InChI=1S/C16H11ClF3N3O2/c1-8-14-13(5-9(6-21-14)16(19,20)15(24)25)23(22-8)7-10-11(17)3-2-4-12(10)18/h2-6H,7H2,1H3,(H,24,25). The van der Waals surface area contributed by atoms with Gasteiger partial charge in [0.25, 0.3) is 0 Å². The minimum atomic E-state index is -4.10. The third-order valence-electron chi connectivity index (χ3n) is 3.76. The van der Waals surface area contributed by atoms with E-state index in [1.165, 1.54) is 22.9 Å². The maximum atomic E-state index is 14.0. The number of benzene rings is 1. The molecule has 0 saturated carbocycles. The summed E-state index contributed by atoms with van der Waals surface area (Å²) in [7, 11) is 0. The van der Waals surface area contributed by atoms with Crippen LogP contribution in [0, 0.1) is 12.7 Å². The molecule has 1 N–H and O–H groups in total. The molecule has 130 valence electrons. The highest BCUT2D eigenvalue weighted by Gasteiger charge is 2.41. The Morgan fingerprint density at radius 1 is 1.40 bits per heavy atom. The van der Waals surface area contributed by atoms with Gasteiger partial charge >= 0.3 is 11.9 Å². The molecular formula is C16H11ClF3N3O2. The zero-order valence-corrected chi connectivity index (χ0v) is 13.6. The van der Waals surface area contributed by atoms with Gasteiger partial charge in [0.2, 0.25) is 0 Å². The number of hydrogen-bond acceptors (Lipinski definition) is 3. The Balaban J connectivity index is 2.14. The Kier molecular flexibility index (Phi) is 4.16. The van der Waals surface area contributed by atoms with Crippen molar-refractivity contribution in [3.05, 3.63) is 58.1 Å². The third kappa shape index (κ3) is 2.93. The van der Waals surface area contributed by atoms with Crippen LogP contribution in [0.3, 0.4) is 0 Å². The summed E-state index contributed by atoms with van der Waals surface area (Å²) in [6.07, 6.45) is 0.797. The summed E-state index contributed by atoms with van der Waals surface area (Å²) in [5, 5.41) is 13.0. The van der Waals surface area contributed by atoms with Crippen LogP contribution in [0.25, 0.3) is 11.0 Å². The number of halogens is 4. The van der Waals surface area contributed by atoms with Gasteiger partial charge in [-0.3, -0.25) is 9.67 Å². The van der Waals surface area contributed by atoms with E-state index in [0.717, 1.165) is 12.3 Å². The minimum absolute atomic E-state index is 0.111. The molecule has 0 unspecified atom stereocenters. The van der Waals surface area contributed by atoms with E-state index in [-0.39, 0.29) is 22.6 Å². The van der Waals surface area contributed by atoms with Crippen molar-refractivity contribution in [1.29, 1.82) is 0 Å². The van der Waals surface area contributed by atoms with Gasteiger partial charge in [-0.05, 0) is 25.1 Å². The van der Waals surface area contributed by atoms with E-state index in [1.807, 2.05) is 0 Å². The number of carboxylic acids is 1. The van der Waals surface area contributed by atoms with Gasteiger partial charge in [-0.25, -0.2) is 9.18 Å². The Morgan fingerprint density at radius 3 is 2.76 bits per heavy atom. The van der Waals surface area contributed by atoms with Crippen molar-refractivity contribution in [3.63, 3.8) is 0 Å². The maximum absolute atomic E-state index is 14.0. The van der Waals surface area contributed by atoms with Gasteiger partial charge in [0.1, 0.15) is 11.3 Å². The lowest BCUT2D eigenvalue weighted by Gasteiger charge is -2.12. The lowest BCUT2D eigenvalue weighted by molar-refractivity contribution is -0.166. The first-order valence-corrected chi connectivity index (χ1v) is 7.47. The van der Waals surface area contributed by atoms with Crippen LogP contribution in [-0.2, 0) is 17.3 Å². The lowest BCUT2D eigenvalue weighted by Crippen LogP contribution is -2.25. The Hall–Kier alpha value is -2.61. The molecule has 9 heteroatoms. The summed E-state index contributed by atoms with van der Waals surface area (Å²) >= 11 is 5.99. The predicted molar refractivity (Wildman–Crippen MR) is 84.3 cm³/mol. The van der Waals surface area contributed by atoms with Crippen LogP contribution in [0.2, 0.25) is 5.02 Å².